The Kier molecular flexibility index (Phi) is 4.97. The number of hydrogen-bond donors (Lipinski definition) is 1. The van der Waals surface area contributed by atoms with Gasteiger partial charge in [0.05, 0.1) is 11.6 Å². The van der Waals surface area contributed by atoms with Crippen LogP contribution in [-0.2, 0) is 13.0 Å². The number of nitriles is 1. The second kappa shape index (κ2) is 6.94. The van der Waals surface area contributed by atoms with Crippen molar-refractivity contribution >= 4 is 11.6 Å². The largest absolute Gasteiger partial charge is 0.312 e. The predicted molar refractivity (Wildman–Crippen MR) is 78.0 cm³/mol. The van der Waals surface area contributed by atoms with Crippen LogP contribution < -0.4 is 5.32 Å². The van der Waals surface area contributed by atoms with E-state index in [1.807, 2.05) is 48.5 Å². The highest BCUT2D eigenvalue weighted by Gasteiger charge is 1.96. The zero-order chi connectivity index (χ0) is 13.5. The molecule has 0 bridgehead atoms. The maximum absolute atomic E-state index is 8.82. The fourth-order valence-electron chi connectivity index (χ4n) is 1.87. The van der Waals surface area contributed by atoms with E-state index in [9.17, 15) is 0 Å². The number of hydrogen-bond acceptors (Lipinski definition) is 2. The van der Waals surface area contributed by atoms with Crippen LogP contribution in [0, 0.1) is 11.3 Å². The monoisotopic (exact) mass is 270 g/mol. The molecule has 0 aromatic heterocycles. The van der Waals surface area contributed by atoms with E-state index in [1.54, 1.807) is 0 Å². The molecule has 1 N–H and O–H groups in total. The summed E-state index contributed by atoms with van der Waals surface area (Å²) in [4.78, 5) is 0. The summed E-state index contributed by atoms with van der Waals surface area (Å²) in [5.41, 5.74) is 3.11. The fraction of sp³-hybridized carbons (Fsp3) is 0.188. The first-order chi connectivity index (χ1) is 9.28. The molecule has 0 atom stereocenters. The van der Waals surface area contributed by atoms with Gasteiger partial charge in [0.1, 0.15) is 0 Å². The molecule has 2 nitrogen and oxygen atoms in total. The molecule has 2 aromatic carbocycles. The van der Waals surface area contributed by atoms with Gasteiger partial charge in [0.15, 0.2) is 0 Å². The number of benzene rings is 2. The summed E-state index contributed by atoms with van der Waals surface area (Å²) in [5, 5.41) is 13.0. The Morgan fingerprint density at radius 3 is 2.58 bits per heavy atom. The van der Waals surface area contributed by atoms with E-state index in [0.29, 0.717) is 5.56 Å². The van der Waals surface area contributed by atoms with E-state index in [2.05, 4.69) is 11.4 Å². The van der Waals surface area contributed by atoms with Crippen molar-refractivity contribution in [3.8, 4) is 6.07 Å². The van der Waals surface area contributed by atoms with Crippen LogP contribution in [0.3, 0.4) is 0 Å². The summed E-state index contributed by atoms with van der Waals surface area (Å²) in [5.74, 6) is 0. The zero-order valence-electron chi connectivity index (χ0n) is 10.6. The van der Waals surface area contributed by atoms with Crippen LogP contribution in [0.15, 0.2) is 48.5 Å². The molecule has 0 amide bonds. The third-order valence-electron chi connectivity index (χ3n) is 2.89. The van der Waals surface area contributed by atoms with Crippen LogP contribution >= 0.6 is 11.6 Å². The summed E-state index contributed by atoms with van der Waals surface area (Å²) >= 11 is 5.84. The molecule has 0 saturated carbocycles. The first-order valence-electron chi connectivity index (χ1n) is 6.22. The molecular weight excluding hydrogens is 256 g/mol. The van der Waals surface area contributed by atoms with Gasteiger partial charge in [-0.2, -0.15) is 5.26 Å². The van der Waals surface area contributed by atoms with Gasteiger partial charge < -0.3 is 5.32 Å². The summed E-state index contributed by atoms with van der Waals surface area (Å²) < 4.78 is 0. The lowest BCUT2D eigenvalue weighted by Crippen LogP contribution is -2.16. The van der Waals surface area contributed by atoms with Gasteiger partial charge in [-0.25, -0.2) is 0 Å². The smallest absolute Gasteiger partial charge is 0.0991 e. The van der Waals surface area contributed by atoms with Gasteiger partial charge in [0, 0.05) is 11.6 Å². The Balaban J connectivity index is 1.77. The van der Waals surface area contributed by atoms with E-state index in [0.717, 1.165) is 30.1 Å². The molecule has 0 radical (unpaired) electrons. The predicted octanol–water partition coefficient (Wildman–Crippen LogP) is 3.54. The van der Waals surface area contributed by atoms with E-state index in [1.165, 1.54) is 5.56 Å². The molecule has 0 spiro atoms. The molecule has 0 saturated heterocycles. The van der Waals surface area contributed by atoms with Crippen molar-refractivity contribution in [3.63, 3.8) is 0 Å². The summed E-state index contributed by atoms with van der Waals surface area (Å²) in [6.45, 7) is 1.68. The summed E-state index contributed by atoms with van der Waals surface area (Å²) in [6.07, 6.45) is 0.967. The first-order valence-corrected chi connectivity index (χ1v) is 6.60. The standard InChI is InChI=1S/C16H15ClN2/c17-16-6-4-13(5-7-16)8-9-19-12-15-3-1-2-14(10-15)11-18/h1-7,10,19H,8-9,12H2. The van der Waals surface area contributed by atoms with Crippen molar-refractivity contribution < 1.29 is 0 Å². The topological polar surface area (TPSA) is 35.8 Å². The van der Waals surface area contributed by atoms with Crippen molar-refractivity contribution in [2.75, 3.05) is 6.54 Å². The SMILES string of the molecule is N#Cc1cccc(CNCCc2ccc(Cl)cc2)c1. The number of halogens is 1. The van der Waals surface area contributed by atoms with E-state index < -0.39 is 0 Å². The minimum Gasteiger partial charge on any atom is -0.312 e. The van der Waals surface area contributed by atoms with Crippen LogP contribution in [0.4, 0.5) is 0 Å². The second-order valence-corrected chi connectivity index (χ2v) is 4.80. The molecule has 2 rings (SSSR count). The van der Waals surface area contributed by atoms with Crippen molar-refractivity contribution in [1.82, 2.24) is 5.32 Å². The van der Waals surface area contributed by atoms with Gasteiger partial charge in [-0.1, -0.05) is 35.9 Å². The van der Waals surface area contributed by atoms with E-state index >= 15 is 0 Å². The van der Waals surface area contributed by atoms with Crippen molar-refractivity contribution in [3.05, 3.63) is 70.2 Å². The van der Waals surface area contributed by atoms with E-state index in [4.69, 9.17) is 16.9 Å². The van der Waals surface area contributed by atoms with Crippen LogP contribution in [0.25, 0.3) is 0 Å². The number of rotatable bonds is 5. The van der Waals surface area contributed by atoms with Gasteiger partial charge in [0.25, 0.3) is 0 Å². The maximum Gasteiger partial charge on any atom is 0.0991 e. The van der Waals surface area contributed by atoms with Crippen LogP contribution in [-0.4, -0.2) is 6.54 Å². The van der Waals surface area contributed by atoms with E-state index in [-0.39, 0.29) is 0 Å². The molecule has 0 aliphatic rings. The lowest BCUT2D eigenvalue weighted by molar-refractivity contribution is 0.687. The van der Waals surface area contributed by atoms with Gasteiger partial charge >= 0.3 is 0 Å². The fourth-order valence-corrected chi connectivity index (χ4v) is 1.99. The quantitative estimate of drug-likeness (QED) is 0.844. The molecule has 19 heavy (non-hydrogen) atoms. The third-order valence-corrected chi connectivity index (χ3v) is 3.14. The highest BCUT2D eigenvalue weighted by Crippen LogP contribution is 2.09. The zero-order valence-corrected chi connectivity index (χ0v) is 11.3. The molecule has 0 fully saturated rings. The van der Waals surface area contributed by atoms with Crippen molar-refractivity contribution in [1.29, 1.82) is 5.26 Å². The highest BCUT2D eigenvalue weighted by molar-refractivity contribution is 6.30. The van der Waals surface area contributed by atoms with Crippen molar-refractivity contribution in [2.45, 2.75) is 13.0 Å². The second-order valence-electron chi connectivity index (χ2n) is 4.37. The van der Waals surface area contributed by atoms with Gasteiger partial charge in [-0.15, -0.1) is 0 Å². The third kappa shape index (κ3) is 4.40. The number of nitrogens with one attached hydrogen (secondary N) is 1. The molecule has 0 heterocycles. The molecule has 0 aliphatic heterocycles. The maximum atomic E-state index is 8.82. The van der Waals surface area contributed by atoms with Crippen LogP contribution in [0.2, 0.25) is 5.02 Å². The Morgan fingerprint density at radius 1 is 1.05 bits per heavy atom. The molecule has 0 unspecified atom stereocenters. The van der Waals surface area contributed by atoms with Gasteiger partial charge in [-0.3, -0.25) is 0 Å². The number of nitrogens with zero attached hydrogens (tertiary/aromatic N) is 1. The van der Waals surface area contributed by atoms with Crippen LogP contribution in [0.5, 0.6) is 0 Å². The van der Waals surface area contributed by atoms with Crippen molar-refractivity contribution in [2.24, 2.45) is 0 Å². The molecule has 0 aliphatic carbocycles. The Hall–Kier alpha value is -1.82. The Labute approximate surface area is 118 Å². The highest BCUT2D eigenvalue weighted by atomic mass is 35.5. The van der Waals surface area contributed by atoms with Gasteiger partial charge in [-0.05, 0) is 48.4 Å². The first kappa shape index (κ1) is 13.6. The molecular formula is C16H15ClN2. The Morgan fingerprint density at radius 2 is 1.84 bits per heavy atom. The lowest BCUT2D eigenvalue weighted by Gasteiger charge is -2.05. The van der Waals surface area contributed by atoms with Gasteiger partial charge in [0.2, 0.25) is 0 Å². The van der Waals surface area contributed by atoms with Crippen LogP contribution in [0.1, 0.15) is 16.7 Å². The molecule has 96 valence electrons. The molecule has 3 heteroatoms. The average Bonchev–Trinajstić information content (AvgIpc) is 2.46. The Bertz CT molecular complexity index is 570. The normalized spacial score (nSPS) is 10.1. The summed E-state index contributed by atoms with van der Waals surface area (Å²) in [6, 6.07) is 17.7. The minimum atomic E-state index is 0.706. The lowest BCUT2D eigenvalue weighted by atomic mass is 10.1. The minimum absolute atomic E-state index is 0.706. The summed E-state index contributed by atoms with van der Waals surface area (Å²) in [7, 11) is 0. The average molecular weight is 271 g/mol. The molecule has 2 aromatic rings.